The normalized spacial score (nSPS) is 10.4. The van der Waals surface area contributed by atoms with E-state index in [1.54, 1.807) is 24.3 Å². The molecule has 0 atom stereocenters. The zero-order valence-electron chi connectivity index (χ0n) is 9.08. The predicted octanol–water partition coefficient (Wildman–Crippen LogP) is 3.67. The first-order valence-electron chi connectivity index (χ1n) is 5.15. The van der Waals surface area contributed by atoms with Gasteiger partial charge in [0.15, 0.2) is 0 Å². The molecule has 0 fully saturated rings. The van der Waals surface area contributed by atoms with Gasteiger partial charge in [-0.3, -0.25) is 4.79 Å². The van der Waals surface area contributed by atoms with Crippen LogP contribution in [0.2, 0.25) is 0 Å². The van der Waals surface area contributed by atoms with Crippen LogP contribution < -0.4 is 5.32 Å². The predicted molar refractivity (Wildman–Crippen MR) is 66.7 cm³/mol. The number of nitrogens with zero attached hydrogens (tertiary/aromatic N) is 2. The Bertz CT molecular complexity index is 506. The van der Waals surface area contributed by atoms with E-state index in [2.05, 4.69) is 15.5 Å². The van der Waals surface area contributed by atoms with E-state index in [-0.39, 0.29) is 0 Å². The van der Waals surface area contributed by atoms with Gasteiger partial charge in [-0.05, 0) is 36.4 Å². The molecule has 0 aliphatic heterocycles. The van der Waals surface area contributed by atoms with Gasteiger partial charge in [-0.1, -0.05) is 18.2 Å². The molecule has 0 bridgehead atoms. The van der Waals surface area contributed by atoms with E-state index >= 15 is 0 Å². The lowest BCUT2D eigenvalue weighted by atomic mass is 10.3. The maximum Gasteiger partial charge on any atom is 0.211 e. The van der Waals surface area contributed by atoms with Crippen molar-refractivity contribution in [3.63, 3.8) is 0 Å². The molecule has 17 heavy (non-hydrogen) atoms. The van der Waals surface area contributed by atoms with Crippen LogP contribution in [-0.2, 0) is 4.79 Å². The van der Waals surface area contributed by atoms with Gasteiger partial charge in [-0.2, -0.15) is 10.2 Å². The number of nitrogens with one attached hydrogen (secondary N) is 1. The number of hydrogen-bond donors (Lipinski definition) is 1. The third-order valence-electron chi connectivity index (χ3n) is 2.13. The molecule has 0 saturated heterocycles. The SMILES string of the molecule is O=CNc1ccc(N=Nc2ccccc2)cc1. The van der Waals surface area contributed by atoms with Gasteiger partial charge in [-0.25, -0.2) is 0 Å². The van der Waals surface area contributed by atoms with E-state index in [9.17, 15) is 4.79 Å². The summed E-state index contributed by atoms with van der Waals surface area (Å²) in [7, 11) is 0. The zero-order valence-corrected chi connectivity index (χ0v) is 9.08. The number of carbonyl (C=O) groups excluding carboxylic acids is 1. The van der Waals surface area contributed by atoms with Gasteiger partial charge in [0.25, 0.3) is 0 Å². The molecule has 2 aromatic rings. The van der Waals surface area contributed by atoms with Crippen LogP contribution in [0.3, 0.4) is 0 Å². The molecule has 84 valence electrons. The topological polar surface area (TPSA) is 53.8 Å². The van der Waals surface area contributed by atoms with Gasteiger partial charge in [0.1, 0.15) is 0 Å². The molecule has 0 radical (unpaired) electrons. The van der Waals surface area contributed by atoms with Crippen molar-refractivity contribution in [3.05, 3.63) is 54.6 Å². The van der Waals surface area contributed by atoms with Gasteiger partial charge < -0.3 is 5.32 Å². The van der Waals surface area contributed by atoms with Gasteiger partial charge in [0.2, 0.25) is 6.41 Å². The van der Waals surface area contributed by atoms with Crippen molar-refractivity contribution in [1.29, 1.82) is 0 Å². The molecule has 0 saturated carbocycles. The number of benzene rings is 2. The van der Waals surface area contributed by atoms with Crippen LogP contribution in [0.4, 0.5) is 17.1 Å². The van der Waals surface area contributed by atoms with E-state index in [1.165, 1.54) is 0 Å². The van der Waals surface area contributed by atoms with Gasteiger partial charge in [-0.15, -0.1) is 0 Å². The fourth-order valence-corrected chi connectivity index (χ4v) is 1.30. The quantitative estimate of drug-likeness (QED) is 0.626. The molecule has 2 aromatic carbocycles. The van der Waals surface area contributed by atoms with Crippen LogP contribution in [0.25, 0.3) is 0 Å². The van der Waals surface area contributed by atoms with E-state index in [4.69, 9.17) is 0 Å². The maximum absolute atomic E-state index is 10.2. The largest absolute Gasteiger partial charge is 0.329 e. The highest BCUT2D eigenvalue weighted by atomic mass is 16.1. The molecule has 4 nitrogen and oxygen atoms in total. The third kappa shape index (κ3) is 3.24. The Labute approximate surface area is 99.0 Å². The molecule has 0 unspecified atom stereocenters. The summed E-state index contributed by atoms with van der Waals surface area (Å²) in [5.41, 5.74) is 2.28. The van der Waals surface area contributed by atoms with E-state index < -0.39 is 0 Å². The van der Waals surface area contributed by atoms with Gasteiger partial charge in [0.05, 0.1) is 11.4 Å². The number of azo groups is 1. The van der Waals surface area contributed by atoms with Crippen LogP contribution >= 0.6 is 0 Å². The molecular formula is C13H11N3O. The number of amides is 1. The van der Waals surface area contributed by atoms with Crippen molar-refractivity contribution < 1.29 is 4.79 Å². The lowest BCUT2D eigenvalue weighted by Gasteiger charge is -1.97. The summed E-state index contributed by atoms with van der Waals surface area (Å²) in [6.45, 7) is 0. The fourth-order valence-electron chi connectivity index (χ4n) is 1.30. The first kappa shape index (κ1) is 11.0. The highest BCUT2D eigenvalue weighted by Crippen LogP contribution is 2.19. The lowest BCUT2D eigenvalue weighted by Crippen LogP contribution is -1.91. The Morgan fingerprint density at radius 2 is 1.41 bits per heavy atom. The highest BCUT2D eigenvalue weighted by Gasteiger charge is 1.92. The molecule has 0 heterocycles. The molecule has 0 aliphatic carbocycles. The van der Waals surface area contributed by atoms with Crippen LogP contribution in [0.1, 0.15) is 0 Å². The summed E-state index contributed by atoms with van der Waals surface area (Å²) < 4.78 is 0. The molecule has 2 rings (SSSR count). The van der Waals surface area contributed by atoms with Gasteiger partial charge >= 0.3 is 0 Å². The average molecular weight is 225 g/mol. The molecule has 0 spiro atoms. The van der Waals surface area contributed by atoms with Crippen molar-refractivity contribution in [2.45, 2.75) is 0 Å². The molecule has 4 heteroatoms. The van der Waals surface area contributed by atoms with E-state index in [0.29, 0.717) is 6.41 Å². The minimum absolute atomic E-state index is 0.639. The second kappa shape index (κ2) is 5.55. The van der Waals surface area contributed by atoms with Crippen LogP contribution in [0.5, 0.6) is 0 Å². The van der Waals surface area contributed by atoms with E-state index in [0.717, 1.165) is 17.1 Å². The lowest BCUT2D eigenvalue weighted by molar-refractivity contribution is -0.105. The van der Waals surface area contributed by atoms with Crippen LogP contribution in [-0.4, -0.2) is 6.41 Å². The standard InChI is InChI=1S/C13H11N3O/c17-10-14-11-6-8-13(9-7-11)16-15-12-4-2-1-3-5-12/h1-10H,(H,14,17). The fraction of sp³-hybridized carbons (Fsp3) is 0. The van der Waals surface area contributed by atoms with E-state index in [1.807, 2.05) is 30.3 Å². The van der Waals surface area contributed by atoms with Crippen LogP contribution in [0.15, 0.2) is 64.8 Å². The van der Waals surface area contributed by atoms with Crippen molar-refractivity contribution >= 4 is 23.5 Å². The first-order valence-corrected chi connectivity index (χ1v) is 5.15. The molecule has 0 aromatic heterocycles. The Hall–Kier alpha value is -2.49. The zero-order chi connectivity index (χ0) is 11.9. The third-order valence-corrected chi connectivity index (χ3v) is 2.13. The molecule has 1 N–H and O–H groups in total. The van der Waals surface area contributed by atoms with Crippen LogP contribution in [0, 0.1) is 0 Å². The molecule has 1 amide bonds. The smallest absolute Gasteiger partial charge is 0.211 e. The summed E-state index contributed by atoms with van der Waals surface area (Å²) in [5, 5.41) is 10.7. The second-order valence-electron chi connectivity index (χ2n) is 3.34. The Morgan fingerprint density at radius 3 is 2.00 bits per heavy atom. The average Bonchev–Trinajstić information content (AvgIpc) is 2.40. The molecular weight excluding hydrogens is 214 g/mol. The number of anilines is 1. The van der Waals surface area contributed by atoms with Crippen molar-refractivity contribution in [2.75, 3.05) is 5.32 Å². The van der Waals surface area contributed by atoms with Crippen molar-refractivity contribution in [1.82, 2.24) is 0 Å². The monoisotopic (exact) mass is 225 g/mol. The first-order chi connectivity index (χ1) is 8.38. The Balaban J connectivity index is 2.08. The molecule has 0 aliphatic rings. The number of carbonyl (C=O) groups is 1. The minimum atomic E-state index is 0.639. The highest BCUT2D eigenvalue weighted by molar-refractivity contribution is 5.71. The maximum atomic E-state index is 10.2. The summed E-state index contributed by atoms with van der Waals surface area (Å²) in [6, 6.07) is 16.6. The number of rotatable bonds is 4. The van der Waals surface area contributed by atoms with Crippen molar-refractivity contribution in [2.24, 2.45) is 10.2 Å². The summed E-state index contributed by atoms with van der Waals surface area (Å²) in [6.07, 6.45) is 0.639. The minimum Gasteiger partial charge on any atom is -0.329 e. The Morgan fingerprint density at radius 1 is 0.824 bits per heavy atom. The summed E-state index contributed by atoms with van der Waals surface area (Å²) >= 11 is 0. The summed E-state index contributed by atoms with van der Waals surface area (Å²) in [4.78, 5) is 10.2. The van der Waals surface area contributed by atoms with Gasteiger partial charge in [0, 0.05) is 5.69 Å². The van der Waals surface area contributed by atoms with Crippen molar-refractivity contribution in [3.8, 4) is 0 Å². The second-order valence-corrected chi connectivity index (χ2v) is 3.34. The number of hydrogen-bond acceptors (Lipinski definition) is 3. The Kier molecular flexibility index (Phi) is 3.60. The summed E-state index contributed by atoms with van der Waals surface area (Å²) in [5.74, 6) is 0.